The Morgan fingerprint density at radius 3 is 1.87 bits per heavy atom. The lowest BCUT2D eigenvalue weighted by molar-refractivity contribution is -0.145. The number of halogens is 3. The Kier molecular flexibility index (Phi) is 6.24. The van der Waals surface area contributed by atoms with Crippen molar-refractivity contribution in [3.8, 4) is 17.2 Å². The van der Waals surface area contributed by atoms with Crippen molar-refractivity contribution in [1.29, 1.82) is 0 Å². The Bertz CT molecular complexity index is 917. The van der Waals surface area contributed by atoms with Gasteiger partial charge in [0, 0.05) is 12.8 Å². The quantitative estimate of drug-likeness (QED) is 0.630. The summed E-state index contributed by atoms with van der Waals surface area (Å²) in [5.74, 6) is -1.63. The molecule has 0 heterocycles. The zero-order valence-electron chi connectivity index (χ0n) is 16.1. The Balaban J connectivity index is 1.61. The van der Waals surface area contributed by atoms with E-state index in [0.717, 1.165) is 12.1 Å². The van der Waals surface area contributed by atoms with Crippen LogP contribution >= 0.6 is 0 Å². The Labute approximate surface area is 170 Å². The van der Waals surface area contributed by atoms with Crippen molar-refractivity contribution in [2.45, 2.75) is 38.5 Å². The molecule has 0 aliphatic heterocycles. The molecule has 1 fully saturated rings. The van der Waals surface area contributed by atoms with Crippen LogP contribution in [0.5, 0.6) is 17.2 Å². The molecule has 0 bridgehead atoms. The van der Waals surface area contributed by atoms with Crippen molar-refractivity contribution in [3.05, 3.63) is 54.1 Å². The van der Waals surface area contributed by atoms with E-state index in [1.807, 2.05) is 0 Å². The highest BCUT2D eigenvalue weighted by atomic mass is 19.4. The molecule has 1 aliphatic carbocycles. The van der Waals surface area contributed by atoms with Crippen molar-refractivity contribution in [3.63, 3.8) is 0 Å². The smallest absolute Gasteiger partial charge is 0.416 e. The zero-order valence-corrected chi connectivity index (χ0v) is 16.1. The van der Waals surface area contributed by atoms with Crippen LogP contribution in [0.3, 0.4) is 0 Å². The Morgan fingerprint density at radius 2 is 1.37 bits per heavy atom. The molecule has 1 saturated carbocycles. The molecule has 0 aromatic heterocycles. The van der Waals surface area contributed by atoms with Gasteiger partial charge >= 0.3 is 6.18 Å². The molecule has 0 N–H and O–H groups in total. The standard InChI is InChI=1S/C22H19F3O5/c1-13(21(28)20-18(26)3-2-4-19(20)27)29-15-9-11-17(12-10-15)30-16-7-5-14(6-8-16)22(23,24)25/h5-13,20H,2-4H2,1H3. The maximum absolute atomic E-state index is 12.6. The largest absolute Gasteiger partial charge is 0.483 e. The van der Waals surface area contributed by atoms with E-state index in [-0.39, 0.29) is 30.2 Å². The molecule has 3 rings (SSSR count). The minimum Gasteiger partial charge on any atom is -0.483 e. The number of carbonyl (C=O) groups excluding carboxylic acids is 3. The van der Waals surface area contributed by atoms with E-state index in [4.69, 9.17) is 9.47 Å². The molecular weight excluding hydrogens is 401 g/mol. The summed E-state index contributed by atoms with van der Waals surface area (Å²) in [6.45, 7) is 1.48. The highest BCUT2D eigenvalue weighted by Gasteiger charge is 2.38. The molecule has 8 heteroatoms. The Morgan fingerprint density at radius 1 is 0.900 bits per heavy atom. The molecule has 5 nitrogen and oxygen atoms in total. The fourth-order valence-corrected chi connectivity index (χ4v) is 3.15. The fraction of sp³-hybridized carbons (Fsp3) is 0.318. The van der Waals surface area contributed by atoms with Gasteiger partial charge in [0.1, 0.15) is 23.2 Å². The van der Waals surface area contributed by atoms with Gasteiger partial charge in [0.05, 0.1) is 5.56 Å². The molecule has 2 aromatic carbocycles. The molecule has 158 valence electrons. The topological polar surface area (TPSA) is 69.7 Å². The zero-order chi connectivity index (χ0) is 21.9. The number of hydrogen-bond acceptors (Lipinski definition) is 5. The summed E-state index contributed by atoms with van der Waals surface area (Å²) in [5, 5.41) is 0. The van der Waals surface area contributed by atoms with Crippen LogP contribution in [-0.2, 0) is 20.6 Å². The third-order valence-corrected chi connectivity index (χ3v) is 4.73. The SMILES string of the molecule is CC(Oc1ccc(Oc2ccc(C(F)(F)F)cc2)cc1)C(=O)C1C(=O)CCCC1=O. The van der Waals surface area contributed by atoms with E-state index in [2.05, 4.69) is 0 Å². The molecule has 30 heavy (non-hydrogen) atoms. The highest BCUT2D eigenvalue weighted by Crippen LogP contribution is 2.32. The summed E-state index contributed by atoms with van der Waals surface area (Å²) in [5.41, 5.74) is -0.771. The fourth-order valence-electron chi connectivity index (χ4n) is 3.15. The van der Waals surface area contributed by atoms with Gasteiger partial charge in [-0.2, -0.15) is 13.2 Å². The molecule has 0 spiro atoms. The number of carbonyl (C=O) groups is 3. The van der Waals surface area contributed by atoms with Crippen LogP contribution in [0.1, 0.15) is 31.7 Å². The van der Waals surface area contributed by atoms with Crippen LogP contribution in [0.2, 0.25) is 0 Å². The minimum absolute atomic E-state index is 0.213. The van der Waals surface area contributed by atoms with Gasteiger partial charge in [0.2, 0.25) is 0 Å². The average molecular weight is 420 g/mol. The number of Topliss-reactive ketones (excluding diaryl/α,β-unsaturated/α-hetero) is 3. The summed E-state index contributed by atoms with van der Waals surface area (Å²) in [6, 6.07) is 10.4. The normalized spacial score (nSPS) is 16.3. The second kappa shape index (κ2) is 8.69. The molecule has 1 aliphatic rings. The van der Waals surface area contributed by atoms with Crippen LogP contribution in [0, 0.1) is 5.92 Å². The maximum atomic E-state index is 12.6. The minimum atomic E-state index is -4.42. The molecule has 0 amide bonds. The van der Waals surface area contributed by atoms with E-state index in [9.17, 15) is 27.6 Å². The van der Waals surface area contributed by atoms with Gasteiger partial charge in [-0.1, -0.05) is 0 Å². The molecular formula is C22H19F3O5. The van der Waals surface area contributed by atoms with Crippen molar-refractivity contribution in [1.82, 2.24) is 0 Å². The number of alkyl halides is 3. The summed E-state index contributed by atoms with van der Waals surface area (Å²) < 4.78 is 48.8. The first-order valence-corrected chi connectivity index (χ1v) is 9.36. The third kappa shape index (κ3) is 5.06. The summed E-state index contributed by atoms with van der Waals surface area (Å²) in [7, 11) is 0. The van der Waals surface area contributed by atoms with Gasteiger partial charge in [-0.15, -0.1) is 0 Å². The lowest BCUT2D eigenvalue weighted by atomic mass is 9.82. The number of ketones is 3. The van der Waals surface area contributed by atoms with Gasteiger partial charge in [0.25, 0.3) is 0 Å². The maximum Gasteiger partial charge on any atom is 0.416 e. The summed E-state index contributed by atoms with van der Waals surface area (Å²) in [4.78, 5) is 36.3. The summed E-state index contributed by atoms with van der Waals surface area (Å²) >= 11 is 0. The van der Waals surface area contributed by atoms with Crippen LogP contribution in [0.4, 0.5) is 13.2 Å². The second-order valence-corrected chi connectivity index (χ2v) is 6.98. The molecule has 1 atom stereocenters. The van der Waals surface area contributed by atoms with E-state index < -0.39 is 29.5 Å². The third-order valence-electron chi connectivity index (χ3n) is 4.73. The van der Waals surface area contributed by atoms with E-state index >= 15 is 0 Å². The second-order valence-electron chi connectivity index (χ2n) is 6.98. The highest BCUT2D eigenvalue weighted by molar-refractivity contribution is 6.21. The van der Waals surface area contributed by atoms with Crippen LogP contribution in [0.25, 0.3) is 0 Å². The lowest BCUT2D eigenvalue weighted by Crippen LogP contribution is -2.41. The van der Waals surface area contributed by atoms with Crippen molar-refractivity contribution < 1.29 is 37.0 Å². The van der Waals surface area contributed by atoms with Crippen molar-refractivity contribution >= 4 is 17.3 Å². The lowest BCUT2D eigenvalue weighted by Gasteiger charge is -2.22. The van der Waals surface area contributed by atoms with Gasteiger partial charge < -0.3 is 9.47 Å². The van der Waals surface area contributed by atoms with Gasteiger partial charge in [-0.3, -0.25) is 14.4 Å². The van der Waals surface area contributed by atoms with Crippen LogP contribution < -0.4 is 9.47 Å². The molecule has 0 radical (unpaired) electrons. The number of ether oxygens (including phenoxy) is 2. The van der Waals surface area contributed by atoms with Crippen LogP contribution in [0.15, 0.2) is 48.5 Å². The monoisotopic (exact) mass is 420 g/mol. The predicted octanol–water partition coefficient (Wildman–Crippen LogP) is 4.77. The summed E-state index contributed by atoms with van der Waals surface area (Å²) in [6.07, 6.45) is -4.51. The van der Waals surface area contributed by atoms with Gasteiger partial charge in [-0.25, -0.2) is 0 Å². The molecule has 2 aromatic rings. The first-order valence-electron chi connectivity index (χ1n) is 9.36. The number of benzene rings is 2. The number of hydrogen-bond donors (Lipinski definition) is 0. The Hall–Kier alpha value is -3.16. The number of rotatable bonds is 6. The van der Waals surface area contributed by atoms with E-state index in [1.54, 1.807) is 0 Å². The van der Waals surface area contributed by atoms with Crippen LogP contribution in [-0.4, -0.2) is 23.5 Å². The van der Waals surface area contributed by atoms with Gasteiger partial charge in [-0.05, 0) is 61.9 Å². The van der Waals surface area contributed by atoms with E-state index in [0.29, 0.717) is 17.9 Å². The first-order chi connectivity index (χ1) is 14.1. The van der Waals surface area contributed by atoms with Crippen molar-refractivity contribution in [2.75, 3.05) is 0 Å². The molecule has 1 unspecified atom stereocenters. The average Bonchev–Trinajstić information content (AvgIpc) is 2.69. The molecule has 0 saturated heterocycles. The first kappa shape index (κ1) is 21.5. The predicted molar refractivity (Wildman–Crippen MR) is 100 cm³/mol. The van der Waals surface area contributed by atoms with Gasteiger partial charge in [0.15, 0.2) is 23.5 Å². The van der Waals surface area contributed by atoms with Crippen molar-refractivity contribution in [2.24, 2.45) is 5.92 Å². The van der Waals surface area contributed by atoms with E-state index in [1.165, 1.54) is 43.3 Å².